The highest BCUT2D eigenvalue weighted by Gasteiger charge is 2.23. The predicted molar refractivity (Wildman–Crippen MR) is 109 cm³/mol. The van der Waals surface area contributed by atoms with E-state index in [1.165, 1.54) is 0 Å². The van der Waals surface area contributed by atoms with Crippen molar-refractivity contribution < 1.29 is 14.3 Å². The van der Waals surface area contributed by atoms with Crippen molar-refractivity contribution in [1.29, 1.82) is 0 Å². The van der Waals surface area contributed by atoms with E-state index in [1.807, 2.05) is 24.3 Å². The number of rotatable bonds is 9. The number of carbonyl (C=O) groups excluding carboxylic acids is 1. The van der Waals surface area contributed by atoms with Crippen LogP contribution < -0.4 is 20.7 Å². The molecule has 0 saturated heterocycles. The fourth-order valence-electron chi connectivity index (χ4n) is 2.07. The number of guanidine groups is 1. The number of methoxy groups -OCH3 is 1. The molecule has 7 nitrogen and oxygen atoms in total. The van der Waals surface area contributed by atoms with E-state index in [1.54, 1.807) is 14.2 Å². The van der Waals surface area contributed by atoms with Gasteiger partial charge in [-0.15, -0.1) is 24.0 Å². The molecular formula is C17H27IN4O3. The molecular weight excluding hydrogens is 435 g/mol. The zero-order valence-corrected chi connectivity index (χ0v) is 17.0. The van der Waals surface area contributed by atoms with Crippen molar-refractivity contribution in [2.24, 2.45) is 4.99 Å². The summed E-state index contributed by atoms with van der Waals surface area (Å²) in [5.74, 6) is 1.33. The molecule has 0 aliphatic heterocycles. The maximum absolute atomic E-state index is 11.6. The topological polar surface area (TPSA) is 84.0 Å². The first kappa shape index (κ1) is 21.5. The van der Waals surface area contributed by atoms with Crippen LogP contribution in [-0.2, 0) is 16.1 Å². The van der Waals surface area contributed by atoms with E-state index in [0.29, 0.717) is 37.4 Å². The highest BCUT2D eigenvalue weighted by molar-refractivity contribution is 14.0. The summed E-state index contributed by atoms with van der Waals surface area (Å²) in [6.07, 6.45) is 2.15. The summed E-state index contributed by atoms with van der Waals surface area (Å²) < 4.78 is 10.5. The summed E-state index contributed by atoms with van der Waals surface area (Å²) in [5, 5.41) is 9.27. The van der Waals surface area contributed by atoms with E-state index in [9.17, 15) is 4.79 Å². The third kappa shape index (κ3) is 8.92. The first-order valence-electron chi connectivity index (χ1n) is 8.16. The second-order valence-electron chi connectivity index (χ2n) is 5.62. The molecule has 1 amide bonds. The monoisotopic (exact) mass is 462 g/mol. The minimum atomic E-state index is -0.0660. The maximum Gasteiger partial charge on any atom is 0.258 e. The molecule has 2 rings (SSSR count). The van der Waals surface area contributed by atoms with E-state index in [-0.39, 0.29) is 36.5 Å². The van der Waals surface area contributed by atoms with Crippen molar-refractivity contribution in [3.8, 4) is 5.75 Å². The molecule has 8 heteroatoms. The van der Waals surface area contributed by atoms with Gasteiger partial charge in [-0.05, 0) is 30.5 Å². The molecule has 0 bridgehead atoms. The Balaban J connectivity index is 0.00000312. The van der Waals surface area contributed by atoms with E-state index in [2.05, 4.69) is 20.9 Å². The average molecular weight is 462 g/mol. The Labute approximate surface area is 166 Å². The van der Waals surface area contributed by atoms with E-state index >= 15 is 0 Å². The van der Waals surface area contributed by atoms with Gasteiger partial charge in [-0.3, -0.25) is 9.79 Å². The third-order valence-electron chi connectivity index (χ3n) is 3.49. The Morgan fingerprint density at radius 3 is 2.80 bits per heavy atom. The van der Waals surface area contributed by atoms with Gasteiger partial charge in [0.25, 0.3) is 5.91 Å². The van der Waals surface area contributed by atoms with E-state index in [4.69, 9.17) is 9.47 Å². The Kier molecular flexibility index (Phi) is 10.2. The van der Waals surface area contributed by atoms with Gasteiger partial charge in [0.05, 0.1) is 6.61 Å². The molecule has 1 aromatic carbocycles. The summed E-state index contributed by atoms with van der Waals surface area (Å²) in [6.45, 7) is 1.97. The zero-order valence-electron chi connectivity index (χ0n) is 14.7. The number of hydrogen-bond donors (Lipinski definition) is 3. The predicted octanol–water partition coefficient (Wildman–Crippen LogP) is 1.27. The fourth-order valence-corrected chi connectivity index (χ4v) is 2.07. The third-order valence-corrected chi connectivity index (χ3v) is 3.49. The Morgan fingerprint density at radius 1 is 1.32 bits per heavy atom. The molecule has 0 spiro atoms. The van der Waals surface area contributed by atoms with Crippen LogP contribution in [0.2, 0.25) is 0 Å². The van der Waals surface area contributed by atoms with Crippen LogP contribution in [-0.4, -0.2) is 51.8 Å². The fraction of sp³-hybridized carbons (Fsp3) is 0.529. The quantitative estimate of drug-likeness (QED) is 0.223. The molecule has 3 N–H and O–H groups in total. The van der Waals surface area contributed by atoms with Crippen LogP contribution >= 0.6 is 24.0 Å². The first-order chi connectivity index (χ1) is 11.7. The molecule has 25 heavy (non-hydrogen) atoms. The maximum atomic E-state index is 11.6. The molecule has 1 saturated carbocycles. The molecule has 140 valence electrons. The SMILES string of the molecule is CN=C(NCCOC)NCc1cccc(OCC(=O)NC2CC2)c1.I. The normalized spacial score (nSPS) is 13.6. The van der Waals surface area contributed by atoms with Crippen molar-refractivity contribution >= 4 is 35.8 Å². The van der Waals surface area contributed by atoms with Crippen molar-refractivity contribution in [2.45, 2.75) is 25.4 Å². The summed E-state index contributed by atoms with van der Waals surface area (Å²) in [7, 11) is 3.38. The lowest BCUT2D eigenvalue weighted by Gasteiger charge is -2.12. The lowest BCUT2D eigenvalue weighted by atomic mass is 10.2. The number of aliphatic imine (C=N–C) groups is 1. The molecule has 0 radical (unpaired) electrons. The molecule has 0 unspecified atom stereocenters. The van der Waals surface area contributed by atoms with Crippen LogP contribution in [0.4, 0.5) is 0 Å². The Hall–Kier alpha value is -1.55. The molecule has 1 fully saturated rings. The minimum absolute atomic E-state index is 0. The van der Waals surface area contributed by atoms with Gasteiger partial charge < -0.3 is 25.4 Å². The van der Waals surface area contributed by atoms with E-state index < -0.39 is 0 Å². The summed E-state index contributed by atoms with van der Waals surface area (Å²) >= 11 is 0. The van der Waals surface area contributed by atoms with Gasteiger partial charge in [-0.2, -0.15) is 0 Å². The van der Waals surface area contributed by atoms with Crippen molar-refractivity contribution in [3.63, 3.8) is 0 Å². The molecule has 0 heterocycles. The second-order valence-corrected chi connectivity index (χ2v) is 5.62. The minimum Gasteiger partial charge on any atom is -0.484 e. The summed E-state index contributed by atoms with van der Waals surface area (Å²) in [4.78, 5) is 15.8. The molecule has 0 atom stereocenters. The van der Waals surface area contributed by atoms with Crippen molar-refractivity contribution in [1.82, 2.24) is 16.0 Å². The Bertz CT molecular complexity index is 565. The van der Waals surface area contributed by atoms with Gasteiger partial charge >= 0.3 is 0 Å². The highest BCUT2D eigenvalue weighted by Crippen LogP contribution is 2.18. The molecule has 1 aliphatic rings. The number of nitrogens with one attached hydrogen (secondary N) is 3. The smallest absolute Gasteiger partial charge is 0.258 e. The first-order valence-corrected chi connectivity index (χ1v) is 8.16. The number of carbonyl (C=O) groups is 1. The molecule has 1 aromatic rings. The average Bonchev–Trinajstić information content (AvgIpc) is 3.40. The highest BCUT2D eigenvalue weighted by atomic mass is 127. The van der Waals surface area contributed by atoms with Crippen LogP contribution in [0.15, 0.2) is 29.3 Å². The number of amides is 1. The number of nitrogens with zero attached hydrogens (tertiary/aromatic N) is 1. The number of hydrogen-bond acceptors (Lipinski definition) is 4. The van der Waals surface area contributed by atoms with Gasteiger partial charge in [-0.25, -0.2) is 0 Å². The van der Waals surface area contributed by atoms with Gasteiger partial charge in [0, 0.05) is 33.3 Å². The lowest BCUT2D eigenvalue weighted by Crippen LogP contribution is -2.38. The van der Waals surface area contributed by atoms with Crippen molar-refractivity contribution in [3.05, 3.63) is 29.8 Å². The summed E-state index contributed by atoms with van der Waals surface area (Å²) in [5.41, 5.74) is 1.05. The van der Waals surface area contributed by atoms with Crippen molar-refractivity contribution in [2.75, 3.05) is 33.9 Å². The lowest BCUT2D eigenvalue weighted by molar-refractivity contribution is -0.123. The van der Waals surface area contributed by atoms with Crippen LogP contribution in [0.25, 0.3) is 0 Å². The van der Waals surface area contributed by atoms with Crippen LogP contribution in [0.5, 0.6) is 5.75 Å². The largest absolute Gasteiger partial charge is 0.484 e. The van der Waals surface area contributed by atoms with Gasteiger partial charge in [0.15, 0.2) is 12.6 Å². The second kappa shape index (κ2) is 11.9. The number of ether oxygens (including phenoxy) is 2. The van der Waals surface area contributed by atoms with Gasteiger partial charge in [0.2, 0.25) is 0 Å². The van der Waals surface area contributed by atoms with E-state index in [0.717, 1.165) is 18.4 Å². The number of benzene rings is 1. The van der Waals surface area contributed by atoms with Crippen LogP contribution in [0, 0.1) is 0 Å². The van der Waals surface area contributed by atoms with Crippen LogP contribution in [0.1, 0.15) is 18.4 Å². The van der Waals surface area contributed by atoms with Crippen LogP contribution in [0.3, 0.4) is 0 Å². The van der Waals surface area contributed by atoms with Gasteiger partial charge in [0.1, 0.15) is 5.75 Å². The molecule has 0 aromatic heterocycles. The zero-order chi connectivity index (χ0) is 17.2. The standard InChI is InChI=1S/C17H26N4O3.HI/c1-18-17(19-8-9-23-2)20-11-13-4-3-5-15(10-13)24-12-16(22)21-14-6-7-14;/h3-5,10,14H,6-9,11-12H2,1-2H3,(H,21,22)(H2,18,19,20);1H. The number of halogens is 1. The summed E-state index contributed by atoms with van der Waals surface area (Å²) in [6, 6.07) is 8.02. The van der Waals surface area contributed by atoms with Gasteiger partial charge in [-0.1, -0.05) is 12.1 Å². The molecule has 1 aliphatic carbocycles. The Morgan fingerprint density at radius 2 is 2.12 bits per heavy atom.